The van der Waals surface area contributed by atoms with Crippen molar-refractivity contribution in [2.45, 2.75) is 19.8 Å². The van der Waals surface area contributed by atoms with Gasteiger partial charge in [0.25, 0.3) is 0 Å². The van der Waals surface area contributed by atoms with Gasteiger partial charge in [0.15, 0.2) is 0 Å². The van der Waals surface area contributed by atoms with Crippen LogP contribution in [0.15, 0.2) is 24.5 Å². The lowest BCUT2D eigenvalue weighted by molar-refractivity contribution is -0.142. The Hall–Kier alpha value is -2.37. The molecule has 0 saturated carbocycles. The van der Waals surface area contributed by atoms with Gasteiger partial charge in [0.2, 0.25) is 5.91 Å². The molecule has 3 rings (SSSR count). The molecule has 6 nitrogen and oxygen atoms in total. The minimum atomic E-state index is -0.224. The van der Waals surface area contributed by atoms with Crippen LogP contribution in [0.1, 0.15) is 19.8 Å². The van der Waals surface area contributed by atoms with Gasteiger partial charge in [0, 0.05) is 33.1 Å². The zero-order valence-corrected chi connectivity index (χ0v) is 12.8. The van der Waals surface area contributed by atoms with Gasteiger partial charge in [-0.15, -0.1) is 0 Å². The van der Waals surface area contributed by atoms with E-state index in [0.717, 1.165) is 11.0 Å². The summed E-state index contributed by atoms with van der Waals surface area (Å²) in [4.78, 5) is 29.6. The summed E-state index contributed by atoms with van der Waals surface area (Å²) in [5, 5.41) is 0. The molecule has 1 aromatic heterocycles. The van der Waals surface area contributed by atoms with Crippen molar-refractivity contribution in [3.05, 3.63) is 24.5 Å². The molecule has 0 radical (unpaired) electrons. The minimum absolute atomic E-state index is 0.0624. The molecule has 116 valence electrons. The summed E-state index contributed by atoms with van der Waals surface area (Å²) >= 11 is 0. The molecule has 0 N–H and O–H groups in total. The average molecular weight is 301 g/mol. The lowest BCUT2D eigenvalue weighted by Crippen LogP contribution is -2.40. The molecule has 0 bridgehead atoms. The molecule has 1 amide bonds. The molecule has 1 aliphatic heterocycles. The lowest BCUT2D eigenvalue weighted by atomic mass is 9.97. The maximum Gasteiger partial charge on any atom is 0.314 e. The minimum Gasteiger partial charge on any atom is -0.426 e. The molecule has 6 heteroatoms. The smallest absolute Gasteiger partial charge is 0.314 e. The number of piperidine rings is 1. The molecule has 0 aliphatic carbocycles. The van der Waals surface area contributed by atoms with Crippen LogP contribution >= 0.6 is 0 Å². The van der Waals surface area contributed by atoms with Crippen LogP contribution < -0.4 is 4.74 Å². The van der Waals surface area contributed by atoms with Crippen LogP contribution in [0.3, 0.4) is 0 Å². The number of esters is 1. The van der Waals surface area contributed by atoms with Gasteiger partial charge in [-0.3, -0.25) is 9.59 Å². The number of likely N-dealkylation sites (tertiary alicyclic amines) is 1. The first kappa shape index (κ1) is 14.6. The summed E-state index contributed by atoms with van der Waals surface area (Å²) in [7, 11) is 1.92. The Labute approximate surface area is 128 Å². The van der Waals surface area contributed by atoms with Crippen molar-refractivity contribution in [3.63, 3.8) is 0 Å². The van der Waals surface area contributed by atoms with E-state index >= 15 is 0 Å². The normalized spacial score (nSPS) is 16.0. The molecule has 1 aliphatic rings. The first-order valence-electron chi connectivity index (χ1n) is 7.43. The summed E-state index contributed by atoms with van der Waals surface area (Å²) in [6.07, 6.45) is 3.04. The topological polar surface area (TPSA) is 64.4 Å². The highest BCUT2D eigenvalue weighted by atomic mass is 16.5. The van der Waals surface area contributed by atoms with Gasteiger partial charge < -0.3 is 14.2 Å². The summed E-state index contributed by atoms with van der Waals surface area (Å²) in [6, 6.07) is 5.45. The van der Waals surface area contributed by atoms with E-state index in [1.807, 2.05) is 17.7 Å². The molecule has 1 aromatic carbocycles. The number of fused-ring (bicyclic) bond motifs is 1. The van der Waals surface area contributed by atoms with Crippen LogP contribution in [0, 0.1) is 5.92 Å². The molecule has 1 saturated heterocycles. The number of aromatic nitrogens is 2. The van der Waals surface area contributed by atoms with Crippen molar-refractivity contribution < 1.29 is 14.3 Å². The third-order valence-corrected chi connectivity index (χ3v) is 4.19. The second-order valence-electron chi connectivity index (χ2n) is 5.71. The molecule has 1 fully saturated rings. The predicted molar refractivity (Wildman–Crippen MR) is 81.3 cm³/mol. The molecule has 0 unspecified atom stereocenters. The van der Waals surface area contributed by atoms with E-state index in [9.17, 15) is 9.59 Å². The van der Waals surface area contributed by atoms with Crippen molar-refractivity contribution in [3.8, 4) is 5.75 Å². The number of aryl methyl sites for hydroxylation is 1. The van der Waals surface area contributed by atoms with Crippen molar-refractivity contribution in [1.29, 1.82) is 0 Å². The Morgan fingerprint density at radius 1 is 1.27 bits per heavy atom. The van der Waals surface area contributed by atoms with E-state index in [2.05, 4.69) is 4.98 Å². The monoisotopic (exact) mass is 301 g/mol. The summed E-state index contributed by atoms with van der Waals surface area (Å²) in [5.41, 5.74) is 1.80. The third kappa shape index (κ3) is 2.81. The number of carbonyl (C=O) groups excluding carboxylic acids is 2. The van der Waals surface area contributed by atoms with Crippen LogP contribution in [0.5, 0.6) is 5.75 Å². The SMILES string of the molecule is CC(=O)N1CCC(C(=O)Oc2ccc3c(c2)ncn3C)CC1. The highest BCUT2D eigenvalue weighted by Crippen LogP contribution is 2.23. The average Bonchev–Trinajstić information content (AvgIpc) is 2.88. The van der Waals surface area contributed by atoms with Crippen molar-refractivity contribution in [1.82, 2.24) is 14.5 Å². The Bertz CT molecular complexity index is 714. The number of ether oxygens (including phenoxy) is 1. The Morgan fingerprint density at radius 3 is 2.68 bits per heavy atom. The molecule has 2 aromatic rings. The van der Waals surface area contributed by atoms with Crippen LogP contribution in [0.4, 0.5) is 0 Å². The van der Waals surface area contributed by atoms with Crippen molar-refractivity contribution in [2.24, 2.45) is 13.0 Å². The van der Waals surface area contributed by atoms with Crippen LogP contribution in [-0.4, -0.2) is 39.4 Å². The Balaban J connectivity index is 1.64. The van der Waals surface area contributed by atoms with E-state index in [-0.39, 0.29) is 17.8 Å². The Morgan fingerprint density at radius 2 is 2.00 bits per heavy atom. The van der Waals surface area contributed by atoms with Gasteiger partial charge in [0.05, 0.1) is 23.3 Å². The first-order valence-corrected chi connectivity index (χ1v) is 7.43. The summed E-state index contributed by atoms with van der Waals surface area (Å²) < 4.78 is 7.39. The fourth-order valence-corrected chi connectivity index (χ4v) is 2.81. The van der Waals surface area contributed by atoms with E-state index in [4.69, 9.17) is 4.74 Å². The number of nitrogens with zero attached hydrogens (tertiary/aromatic N) is 3. The number of hydrogen-bond acceptors (Lipinski definition) is 4. The van der Waals surface area contributed by atoms with Gasteiger partial charge in [-0.05, 0) is 25.0 Å². The number of hydrogen-bond donors (Lipinski definition) is 0. The first-order chi connectivity index (χ1) is 10.5. The fourth-order valence-electron chi connectivity index (χ4n) is 2.81. The van der Waals surface area contributed by atoms with Gasteiger partial charge in [-0.2, -0.15) is 0 Å². The largest absolute Gasteiger partial charge is 0.426 e. The number of benzene rings is 1. The van der Waals surface area contributed by atoms with Crippen LogP contribution in [0.2, 0.25) is 0 Å². The fraction of sp³-hybridized carbons (Fsp3) is 0.438. The van der Waals surface area contributed by atoms with Gasteiger partial charge >= 0.3 is 5.97 Å². The van der Waals surface area contributed by atoms with E-state index < -0.39 is 0 Å². The quantitative estimate of drug-likeness (QED) is 0.626. The summed E-state index contributed by atoms with van der Waals surface area (Å²) in [6.45, 7) is 2.80. The number of imidazole rings is 1. The third-order valence-electron chi connectivity index (χ3n) is 4.19. The number of carbonyl (C=O) groups is 2. The molecule has 2 heterocycles. The molecule has 0 atom stereocenters. The van der Waals surface area contributed by atoms with Gasteiger partial charge in [-0.25, -0.2) is 4.98 Å². The second-order valence-corrected chi connectivity index (χ2v) is 5.71. The second kappa shape index (κ2) is 5.79. The lowest BCUT2D eigenvalue weighted by Gasteiger charge is -2.29. The van der Waals surface area contributed by atoms with Gasteiger partial charge in [-0.1, -0.05) is 0 Å². The van der Waals surface area contributed by atoms with Crippen LogP contribution in [-0.2, 0) is 16.6 Å². The number of amides is 1. The maximum atomic E-state index is 12.2. The Kier molecular flexibility index (Phi) is 3.83. The van der Waals surface area contributed by atoms with Crippen molar-refractivity contribution in [2.75, 3.05) is 13.1 Å². The highest BCUT2D eigenvalue weighted by Gasteiger charge is 2.27. The summed E-state index contributed by atoms with van der Waals surface area (Å²) in [5.74, 6) is 0.214. The molecular formula is C16H19N3O3. The standard InChI is InChI=1S/C16H19N3O3/c1-11(20)19-7-5-12(6-8-19)16(21)22-13-3-4-15-14(9-13)17-10-18(15)2/h3-4,9-10,12H,5-8H2,1-2H3. The number of rotatable bonds is 2. The van der Waals surface area contributed by atoms with E-state index in [0.29, 0.717) is 31.7 Å². The maximum absolute atomic E-state index is 12.2. The van der Waals surface area contributed by atoms with Crippen molar-refractivity contribution >= 4 is 22.9 Å². The van der Waals surface area contributed by atoms with Crippen LogP contribution in [0.25, 0.3) is 11.0 Å². The zero-order valence-electron chi connectivity index (χ0n) is 12.8. The predicted octanol–water partition coefficient (Wildman–Crippen LogP) is 1.74. The van der Waals surface area contributed by atoms with Gasteiger partial charge in [0.1, 0.15) is 5.75 Å². The van der Waals surface area contributed by atoms with E-state index in [1.165, 1.54) is 0 Å². The zero-order chi connectivity index (χ0) is 15.7. The molecule has 0 spiro atoms. The molecular weight excluding hydrogens is 282 g/mol. The molecule has 22 heavy (non-hydrogen) atoms. The highest BCUT2D eigenvalue weighted by molar-refractivity contribution is 5.80. The van der Waals surface area contributed by atoms with E-state index in [1.54, 1.807) is 30.3 Å².